The van der Waals surface area contributed by atoms with Crippen LogP contribution >= 0.6 is 0 Å². The molecule has 0 atom stereocenters. The number of aromatic nitrogens is 1. The molecule has 0 spiro atoms. The molecule has 0 aliphatic rings. The molecule has 1 aromatic heterocycles. The minimum atomic E-state index is -5.58. The molecule has 0 unspecified atom stereocenters. The Morgan fingerprint density at radius 1 is 1.14 bits per heavy atom. The highest BCUT2D eigenvalue weighted by Gasteiger charge is 2.59. The van der Waals surface area contributed by atoms with Crippen molar-refractivity contribution < 1.29 is 31.1 Å². The van der Waals surface area contributed by atoms with E-state index in [0.717, 1.165) is 6.07 Å². The fraction of sp³-hybridized carbons (Fsp3) is 0.583. The number of rotatable bonds is 5. The molecule has 0 bridgehead atoms. The summed E-state index contributed by atoms with van der Waals surface area (Å²) in [5.74, 6) is -0.735. The summed E-state index contributed by atoms with van der Waals surface area (Å²) in [6, 6.07) is 2.50. The maximum absolute atomic E-state index is 12.4. The highest BCUT2D eigenvalue weighted by atomic mass is 19.4. The number of alkyl halides is 6. The van der Waals surface area contributed by atoms with Gasteiger partial charge < -0.3 is 10.5 Å². The quantitative estimate of drug-likeness (QED) is 0.847. The van der Waals surface area contributed by atoms with Crippen LogP contribution in [0.25, 0.3) is 0 Å². The lowest BCUT2D eigenvalue weighted by Crippen LogP contribution is -2.46. The van der Waals surface area contributed by atoms with Crippen LogP contribution in [-0.2, 0) is 13.0 Å². The van der Waals surface area contributed by atoms with Gasteiger partial charge in [-0.2, -0.15) is 26.3 Å². The Balaban J connectivity index is 3.11. The van der Waals surface area contributed by atoms with Gasteiger partial charge in [0.1, 0.15) is 0 Å². The van der Waals surface area contributed by atoms with Crippen LogP contribution in [0.3, 0.4) is 0 Å². The fourth-order valence-corrected chi connectivity index (χ4v) is 1.62. The van der Waals surface area contributed by atoms with Crippen LogP contribution in [0.1, 0.15) is 24.6 Å². The van der Waals surface area contributed by atoms with E-state index in [1.165, 1.54) is 6.07 Å². The van der Waals surface area contributed by atoms with Gasteiger partial charge >= 0.3 is 12.4 Å². The normalized spacial score (nSPS) is 12.8. The van der Waals surface area contributed by atoms with E-state index < -0.39 is 24.3 Å². The summed E-state index contributed by atoms with van der Waals surface area (Å²) >= 11 is 0. The zero-order valence-electron chi connectivity index (χ0n) is 11.1. The van der Waals surface area contributed by atoms with E-state index in [-0.39, 0.29) is 6.54 Å². The number of nitrogens with zero attached hydrogens (tertiary/aromatic N) is 1. The lowest BCUT2D eigenvalue weighted by molar-refractivity contribution is -0.300. The molecule has 1 aromatic rings. The molecule has 0 radical (unpaired) electrons. The summed E-state index contributed by atoms with van der Waals surface area (Å²) < 4.78 is 78.7. The minimum Gasteiger partial charge on any atom is -0.455 e. The summed E-state index contributed by atoms with van der Waals surface area (Å²) in [6.45, 7) is 1.75. The van der Waals surface area contributed by atoms with Gasteiger partial charge in [0.25, 0.3) is 6.10 Å². The van der Waals surface area contributed by atoms with Gasteiger partial charge in [-0.3, -0.25) is 0 Å². The van der Waals surface area contributed by atoms with E-state index >= 15 is 0 Å². The molecular weight excluding hydrogens is 302 g/mol. The second kappa shape index (κ2) is 6.50. The third kappa shape index (κ3) is 5.07. The fourth-order valence-electron chi connectivity index (χ4n) is 1.62. The summed E-state index contributed by atoms with van der Waals surface area (Å²) in [4.78, 5) is 3.66. The number of nitrogens with two attached hydrogens (primary N) is 1. The largest absolute Gasteiger partial charge is 0.455 e. The summed E-state index contributed by atoms with van der Waals surface area (Å²) in [5, 5.41) is 0. The summed E-state index contributed by atoms with van der Waals surface area (Å²) in [5.41, 5.74) is 6.04. The molecule has 1 rings (SSSR count). The highest BCUT2D eigenvalue weighted by molar-refractivity contribution is 5.25. The van der Waals surface area contributed by atoms with Crippen molar-refractivity contribution in [1.82, 2.24) is 4.98 Å². The number of pyridine rings is 1. The van der Waals surface area contributed by atoms with Crippen molar-refractivity contribution in [1.29, 1.82) is 0 Å². The van der Waals surface area contributed by atoms with Crippen molar-refractivity contribution >= 4 is 0 Å². The van der Waals surface area contributed by atoms with Gasteiger partial charge in [-0.1, -0.05) is 13.3 Å². The molecule has 0 saturated heterocycles. The molecule has 21 heavy (non-hydrogen) atoms. The predicted octanol–water partition coefficient (Wildman–Crippen LogP) is 3.36. The van der Waals surface area contributed by atoms with Gasteiger partial charge in [-0.25, -0.2) is 4.98 Å². The third-order valence-corrected chi connectivity index (χ3v) is 2.49. The van der Waals surface area contributed by atoms with E-state index in [9.17, 15) is 26.3 Å². The number of aryl methyl sites for hydroxylation is 1. The Labute approximate surface area is 117 Å². The predicted molar refractivity (Wildman–Crippen MR) is 62.6 cm³/mol. The Bertz CT molecular complexity index is 458. The molecule has 0 aliphatic heterocycles. The van der Waals surface area contributed by atoms with Crippen molar-refractivity contribution in [2.24, 2.45) is 5.73 Å². The lowest BCUT2D eigenvalue weighted by Gasteiger charge is -2.23. The van der Waals surface area contributed by atoms with Crippen LogP contribution in [-0.4, -0.2) is 23.4 Å². The second-order valence-corrected chi connectivity index (χ2v) is 4.34. The monoisotopic (exact) mass is 316 g/mol. The maximum Gasteiger partial charge on any atom is 0.434 e. The van der Waals surface area contributed by atoms with Crippen LogP contribution in [0.15, 0.2) is 12.1 Å². The molecule has 3 nitrogen and oxygen atoms in total. The smallest absolute Gasteiger partial charge is 0.434 e. The number of halogens is 6. The van der Waals surface area contributed by atoms with Crippen molar-refractivity contribution in [3.8, 4) is 5.88 Å². The van der Waals surface area contributed by atoms with Crippen molar-refractivity contribution in [2.45, 2.75) is 44.8 Å². The Hall–Kier alpha value is -1.51. The van der Waals surface area contributed by atoms with Crippen LogP contribution in [0.5, 0.6) is 5.88 Å². The Morgan fingerprint density at radius 3 is 2.14 bits per heavy atom. The van der Waals surface area contributed by atoms with Gasteiger partial charge in [0.2, 0.25) is 5.88 Å². The second-order valence-electron chi connectivity index (χ2n) is 4.34. The van der Waals surface area contributed by atoms with Crippen molar-refractivity contribution in [2.75, 3.05) is 0 Å². The van der Waals surface area contributed by atoms with E-state index in [1.54, 1.807) is 6.92 Å². The highest BCUT2D eigenvalue weighted by Crippen LogP contribution is 2.36. The first-order valence-electron chi connectivity index (χ1n) is 6.08. The van der Waals surface area contributed by atoms with E-state index in [1.807, 2.05) is 0 Å². The molecule has 0 saturated carbocycles. The number of hydrogen-bond acceptors (Lipinski definition) is 3. The van der Waals surface area contributed by atoms with Crippen LogP contribution < -0.4 is 10.5 Å². The zero-order chi connectivity index (χ0) is 16.3. The van der Waals surface area contributed by atoms with Gasteiger partial charge in [0.05, 0.1) is 0 Å². The van der Waals surface area contributed by atoms with E-state index in [0.29, 0.717) is 24.1 Å². The van der Waals surface area contributed by atoms with Crippen LogP contribution in [0.4, 0.5) is 26.3 Å². The SMILES string of the molecule is CCCc1cc(CN)cc(OC(C(F)(F)F)C(F)(F)F)n1. The van der Waals surface area contributed by atoms with E-state index in [2.05, 4.69) is 9.72 Å². The first-order chi connectivity index (χ1) is 9.57. The van der Waals surface area contributed by atoms with Gasteiger partial charge in [0, 0.05) is 18.3 Å². The molecule has 1 heterocycles. The van der Waals surface area contributed by atoms with Gasteiger partial charge in [-0.15, -0.1) is 0 Å². The maximum atomic E-state index is 12.4. The topological polar surface area (TPSA) is 48.1 Å². The molecule has 0 aliphatic carbocycles. The number of ether oxygens (including phenoxy) is 1. The average molecular weight is 316 g/mol. The van der Waals surface area contributed by atoms with E-state index in [4.69, 9.17) is 5.73 Å². The average Bonchev–Trinajstić information content (AvgIpc) is 2.33. The first kappa shape index (κ1) is 17.5. The molecule has 0 amide bonds. The van der Waals surface area contributed by atoms with Crippen molar-refractivity contribution in [3.63, 3.8) is 0 Å². The molecule has 9 heteroatoms. The van der Waals surface area contributed by atoms with Crippen LogP contribution in [0.2, 0.25) is 0 Å². The van der Waals surface area contributed by atoms with Crippen LogP contribution in [0, 0.1) is 0 Å². The van der Waals surface area contributed by atoms with Gasteiger partial charge in [0.15, 0.2) is 0 Å². The van der Waals surface area contributed by atoms with Gasteiger partial charge in [-0.05, 0) is 18.1 Å². The number of hydrogen-bond donors (Lipinski definition) is 1. The molecule has 120 valence electrons. The Kier molecular flexibility index (Phi) is 5.43. The third-order valence-electron chi connectivity index (χ3n) is 2.49. The molecule has 0 fully saturated rings. The molecule has 0 aromatic carbocycles. The van der Waals surface area contributed by atoms with Crippen molar-refractivity contribution in [3.05, 3.63) is 23.4 Å². The lowest BCUT2D eigenvalue weighted by atomic mass is 10.1. The molecule has 2 N–H and O–H groups in total. The standard InChI is InChI=1S/C12H14F6N2O/c1-2-3-8-4-7(6-19)5-9(20-8)21-10(11(13,14)15)12(16,17)18/h4-5,10H,2-3,6,19H2,1H3. The molecular formula is C12H14F6N2O. The summed E-state index contributed by atoms with van der Waals surface area (Å²) in [6.07, 6.45) is -14.1. The Morgan fingerprint density at radius 2 is 1.71 bits per heavy atom. The first-order valence-corrected chi connectivity index (χ1v) is 6.08. The summed E-state index contributed by atoms with van der Waals surface area (Å²) in [7, 11) is 0. The zero-order valence-corrected chi connectivity index (χ0v) is 11.1. The minimum absolute atomic E-state index is 0.0434.